The maximum absolute atomic E-state index is 12.8. The van der Waals surface area contributed by atoms with E-state index in [1.54, 1.807) is 36.4 Å². The highest BCUT2D eigenvalue weighted by Crippen LogP contribution is 2.28. The van der Waals surface area contributed by atoms with Crippen molar-refractivity contribution in [3.63, 3.8) is 0 Å². The minimum absolute atomic E-state index is 0.0878. The number of carbonyl (C=O) groups excluding carboxylic acids is 2. The first kappa shape index (κ1) is 25.3. The maximum Gasteiger partial charge on any atom is 0.345 e. The number of non-ortho nitro benzene ring substituents is 1. The summed E-state index contributed by atoms with van der Waals surface area (Å²) in [5.41, 5.74) is 3.00. The van der Waals surface area contributed by atoms with Gasteiger partial charge in [-0.1, -0.05) is 54.1 Å². The standard InChI is InChI=1S/C27H20ClN3O6/c1-17(36-20-13-11-19(12-14-20)31(34)35)26(32)30-29-16-23-21-7-3-2-6-18(21)10-15-25(23)37-27(33)22-8-4-5-9-24(22)28/h2-17H,1H3,(H,30,32)/b29-16+. The molecule has 0 radical (unpaired) electrons. The monoisotopic (exact) mass is 517 g/mol. The highest BCUT2D eigenvalue weighted by molar-refractivity contribution is 6.33. The van der Waals surface area contributed by atoms with E-state index in [-0.39, 0.29) is 22.0 Å². The predicted molar refractivity (Wildman–Crippen MR) is 139 cm³/mol. The number of hydrogen-bond donors (Lipinski definition) is 1. The molecule has 4 aromatic rings. The third kappa shape index (κ3) is 6.09. The van der Waals surface area contributed by atoms with Crippen molar-refractivity contribution in [3.8, 4) is 11.5 Å². The highest BCUT2D eigenvalue weighted by Gasteiger charge is 2.17. The van der Waals surface area contributed by atoms with Gasteiger partial charge in [-0.15, -0.1) is 0 Å². The lowest BCUT2D eigenvalue weighted by Crippen LogP contribution is -2.33. The number of nitro benzene ring substituents is 1. The van der Waals surface area contributed by atoms with Gasteiger partial charge in [-0.2, -0.15) is 5.10 Å². The summed E-state index contributed by atoms with van der Waals surface area (Å²) >= 11 is 6.13. The number of esters is 1. The fourth-order valence-corrected chi connectivity index (χ4v) is 3.65. The average Bonchev–Trinajstić information content (AvgIpc) is 2.90. The smallest absolute Gasteiger partial charge is 0.345 e. The number of ether oxygens (including phenoxy) is 2. The Morgan fingerprint density at radius 3 is 2.43 bits per heavy atom. The van der Waals surface area contributed by atoms with Gasteiger partial charge in [0.05, 0.1) is 21.7 Å². The van der Waals surface area contributed by atoms with Crippen LogP contribution in [0, 0.1) is 10.1 Å². The molecule has 0 saturated carbocycles. The van der Waals surface area contributed by atoms with Crippen LogP contribution in [-0.2, 0) is 4.79 Å². The third-order valence-electron chi connectivity index (χ3n) is 5.33. The van der Waals surface area contributed by atoms with Gasteiger partial charge in [0.2, 0.25) is 0 Å². The van der Waals surface area contributed by atoms with E-state index in [0.29, 0.717) is 11.3 Å². The van der Waals surface area contributed by atoms with Gasteiger partial charge in [0.1, 0.15) is 11.5 Å². The zero-order valence-electron chi connectivity index (χ0n) is 19.5. The number of amides is 1. The second kappa shape index (κ2) is 11.3. The number of rotatable bonds is 8. The van der Waals surface area contributed by atoms with E-state index in [0.717, 1.165) is 10.8 Å². The van der Waals surface area contributed by atoms with E-state index in [9.17, 15) is 19.7 Å². The molecular weight excluding hydrogens is 498 g/mol. The Morgan fingerprint density at radius 1 is 1.00 bits per heavy atom. The molecule has 0 aliphatic rings. The van der Waals surface area contributed by atoms with Crippen LogP contribution in [0.3, 0.4) is 0 Å². The normalized spacial score (nSPS) is 11.7. The van der Waals surface area contributed by atoms with E-state index in [4.69, 9.17) is 21.1 Å². The lowest BCUT2D eigenvalue weighted by atomic mass is 10.0. The maximum atomic E-state index is 12.8. The van der Waals surface area contributed by atoms with Crippen molar-refractivity contribution in [2.24, 2.45) is 5.10 Å². The van der Waals surface area contributed by atoms with Crippen molar-refractivity contribution in [1.29, 1.82) is 0 Å². The summed E-state index contributed by atoms with van der Waals surface area (Å²) in [4.78, 5) is 35.5. The molecule has 186 valence electrons. The number of nitrogens with one attached hydrogen (secondary N) is 1. The summed E-state index contributed by atoms with van der Waals surface area (Å²) in [6.45, 7) is 1.51. The molecule has 0 heterocycles. The molecule has 10 heteroatoms. The van der Waals surface area contributed by atoms with Gasteiger partial charge >= 0.3 is 5.97 Å². The van der Waals surface area contributed by atoms with E-state index in [1.165, 1.54) is 37.4 Å². The predicted octanol–water partition coefficient (Wildman–Crippen LogP) is 5.54. The first-order chi connectivity index (χ1) is 17.8. The summed E-state index contributed by atoms with van der Waals surface area (Å²) < 4.78 is 11.2. The lowest BCUT2D eigenvalue weighted by molar-refractivity contribution is -0.384. The van der Waals surface area contributed by atoms with Gasteiger partial charge in [0.25, 0.3) is 11.6 Å². The van der Waals surface area contributed by atoms with Crippen LogP contribution in [0.5, 0.6) is 11.5 Å². The molecule has 0 aliphatic heterocycles. The second-order valence-electron chi connectivity index (χ2n) is 7.81. The molecule has 9 nitrogen and oxygen atoms in total. The summed E-state index contributed by atoms with van der Waals surface area (Å²) in [5.74, 6) is -0.661. The average molecular weight is 518 g/mol. The first-order valence-electron chi connectivity index (χ1n) is 11.1. The molecule has 1 amide bonds. The minimum atomic E-state index is -0.941. The summed E-state index contributed by atoms with van der Waals surface area (Å²) in [5, 5.41) is 16.7. The molecule has 0 spiro atoms. The number of halogens is 1. The number of hydrogen-bond acceptors (Lipinski definition) is 7. The Balaban J connectivity index is 1.51. The molecule has 0 fully saturated rings. The molecule has 37 heavy (non-hydrogen) atoms. The number of benzene rings is 4. The zero-order valence-corrected chi connectivity index (χ0v) is 20.2. The van der Waals surface area contributed by atoms with Crippen LogP contribution in [0.4, 0.5) is 5.69 Å². The van der Waals surface area contributed by atoms with Crippen molar-refractivity contribution in [2.75, 3.05) is 0 Å². The fourth-order valence-electron chi connectivity index (χ4n) is 3.43. The quantitative estimate of drug-likeness (QED) is 0.108. The van der Waals surface area contributed by atoms with Crippen LogP contribution in [0.15, 0.2) is 90.0 Å². The Bertz CT molecular complexity index is 1500. The molecule has 0 bridgehead atoms. The molecule has 4 rings (SSSR count). The molecule has 0 aliphatic carbocycles. The largest absolute Gasteiger partial charge is 0.481 e. The molecule has 1 atom stereocenters. The van der Waals surface area contributed by atoms with Gasteiger partial charge in [-0.05, 0) is 48.0 Å². The van der Waals surface area contributed by atoms with Gasteiger partial charge < -0.3 is 9.47 Å². The van der Waals surface area contributed by atoms with Crippen LogP contribution in [0.2, 0.25) is 5.02 Å². The van der Waals surface area contributed by atoms with Crippen molar-refractivity contribution in [2.45, 2.75) is 13.0 Å². The molecule has 0 aromatic heterocycles. The zero-order chi connectivity index (χ0) is 26.4. The SMILES string of the molecule is CC(Oc1ccc([N+](=O)[O-])cc1)C(=O)N/N=C/c1c(OC(=O)c2ccccc2Cl)ccc2ccccc12. The summed E-state index contributed by atoms with van der Waals surface area (Å²) in [6, 6.07) is 22.8. The Morgan fingerprint density at radius 2 is 1.70 bits per heavy atom. The second-order valence-corrected chi connectivity index (χ2v) is 8.22. The fraction of sp³-hybridized carbons (Fsp3) is 0.0741. The van der Waals surface area contributed by atoms with Crippen LogP contribution in [-0.4, -0.2) is 29.1 Å². The van der Waals surface area contributed by atoms with E-state index >= 15 is 0 Å². The van der Waals surface area contributed by atoms with Crippen molar-refractivity contribution in [1.82, 2.24) is 5.43 Å². The first-order valence-corrected chi connectivity index (χ1v) is 11.4. The molecule has 4 aromatic carbocycles. The highest BCUT2D eigenvalue weighted by atomic mass is 35.5. The summed E-state index contributed by atoms with van der Waals surface area (Å²) in [6.07, 6.45) is 0.442. The number of nitro groups is 1. The van der Waals surface area contributed by atoms with Crippen LogP contribution in [0.1, 0.15) is 22.8 Å². The number of nitrogens with zero attached hydrogens (tertiary/aromatic N) is 2. The number of hydrazone groups is 1. The van der Waals surface area contributed by atoms with Crippen LogP contribution in [0.25, 0.3) is 10.8 Å². The van der Waals surface area contributed by atoms with Crippen molar-refractivity contribution >= 4 is 46.2 Å². The molecule has 1 unspecified atom stereocenters. The van der Waals surface area contributed by atoms with E-state index in [2.05, 4.69) is 10.5 Å². The van der Waals surface area contributed by atoms with Crippen molar-refractivity contribution in [3.05, 3.63) is 111 Å². The van der Waals surface area contributed by atoms with Gasteiger partial charge in [-0.25, -0.2) is 10.2 Å². The lowest BCUT2D eigenvalue weighted by Gasteiger charge is -2.13. The van der Waals surface area contributed by atoms with Gasteiger partial charge in [-0.3, -0.25) is 14.9 Å². The number of fused-ring (bicyclic) bond motifs is 1. The Hall–Kier alpha value is -4.76. The van der Waals surface area contributed by atoms with Gasteiger partial charge in [0, 0.05) is 17.7 Å². The van der Waals surface area contributed by atoms with E-state index in [1.807, 2.05) is 24.3 Å². The van der Waals surface area contributed by atoms with Crippen LogP contribution < -0.4 is 14.9 Å². The molecule has 1 N–H and O–H groups in total. The summed E-state index contributed by atoms with van der Waals surface area (Å²) in [7, 11) is 0. The number of carbonyl (C=O) groups is 2. The van der Waals surface area contributed by atoms with Crippen molar-refractivity contribution < 1.29 is 24.0 Å². The van der Waals surface area contributed by atoms with Gasteiger partial charge in [0.15, 0.2) is 6.10 Å². The van der Waals surface area contributed by atoms with E-state index < -0.39 is 22.9 Å². The topological polar surface area (TPSA) is 120 Å². The Labute approximate surface area is 216 Å². The van der Waals surface area contributed by atoms with Crippen LogP contribution >= 0.6 is 11.6 Å². The molecular formula is C27H20ClN3O6. The third-order valence-corrected chi connectivity index (χ3v) is 5.65. The minimum Gasteiger partial charge on any atom is -0.481 e. The molecule has 0 saturated heterocycles. The Kier molecular flexibility index (Phi) is 7.75.